The summed E-state index contributed by atoms with van der Waals surface area (Å²) >= 11 is 5.69. The highest BCUT2D eigenvalue weighted by atomic mass is 35.5. The number of nitrogens with zero attached hydrogens (tertiary/aromatic N) is 1. The lowest BCUT2D eigenvalue weighted by molar-refractivity contribution is -0.384. The van der Waals surface area contributed by atoms with Gasteiger partial charge in [0, 0.05) is 6.07 Å². The van der Waals surface area contributed by atoms with E-state index in [1.807, 2.05) is 0 Å². The zero-order chi connectivity index (χ0) is 10.0. The predicted octanol–water partition coefficient (Wildman–Crippen LogP) is 3.20. The molecule has 0 unspecified atom stereocenters. The van der Waals surface area contributed by atoms with Crippen molar-refractivity contribution < 1.29 is 4.92 Å². The van der Waals surface area contributed by atoms with Crippen LogP contribution in [0, 0.1) is 17.0 Å². The van der Waals surface area contributed by atoms with Gasteiger partial charge in [0.15, 0.2) is 0 Å². The quantitative estimate of drug-likeness (QED) is 0.540. The minimum atomic E-state index is -0.498. The van der Waals surface area contributed by atoms with Crippen molar-refractivity contribution in [3.05, 3.63) is 45.0 Å². The number of hydrogen-bond acceptors (Lipinski definition) is 2. The van der Waals surface area contributed by atoms with Gasteiger partial charge in [0.25, 0.3) is 5.69 Å². The lowest BCUT2D eigenvalue weighted by Crippen LogP contribution is -1.91. The van der Waals surface area contributed by atoms with E-state index in [0.717, 1.165) is 11.1 Å². The third-order valence-electron chi connectivity index (χ3n) is 1.75. The molecule has 0 aliphatic heterocycles. The SMILES string of the molecule is C=Cc1cc(Cl)c([N+](=O)[O-])cc1C. The molecule has 0 heterocycles. The maximum Gasteiger partial charge on any atom is 0.288 e. The van der Waals surface area contributed by atoms with Crippen molar-refractivity contribution in [2.45, 2.75) is 6.92 Å². The Bertz CT molecular complexity index is 374. The fraction of sp³-hybridized carbons (Fsp3) is 0.111. The van der Waals surface area contributed by atoms with Gasteiger partial charge >= 0.3 is 0 Å². The molecule has 0 aliphatic rings. The van der Waals surface area contributed by atoms with Gasteiger partial charge < -0.3 is 0 Å². The first kappa shape index (κ1) is 9.74. The van der Waals surface area contributed by atoms with E-state index in [1.54, 1.807) is 19.1 Å². The molecular weight excluding hydrogens is 190 g/mol. The molecule has 1 aromatic rings. The van der Waals surface area contributed by atoms with E-state index in [-0.39, 0.29) is 10.7 Å². The molecule has 0 aromatic heterocycles. The second-order valence-electron chi connectivity index (χ2n) is 2.62. The Morgan fingerprint density at radius 1 is 1.62 bits per heavy atom. The Morgan fingerprint density at radius 2 is 2.23 bits per heavy atom. The van der Waals surface area contributed by atoms with Gasteiger partial charge in [0.2, 0.25) is 0 Å². The molecule has 68 valence electrons. The monoisotopic (exact) mass is 197 g/mol. The molecule has 0 bridgehead atoms. The highest BCUT2D eigenvalue weighted by molar-refractivity contribution is 6.32. The van der Waals surface area contributed by atoms with Crippen molar-refractivity contribution in [2.24, 2.45) is 0 Å². The lowest BCUT2D eigenvalue weighted by atomic mass is 10.1. The molecule has 0 saturated carbocycles. The van der Waals surface area contributed by atoms with Crippen molar-refractivity contribution in [2.75, 3.05) is 0 Å². The molecular formula is C9H8ClNO2. The van der Waals surface area contributed by atoms with E-state index in [4.69, 9.17) is 11.6 Å². The first-order valence-electron chi connectivity index (χ1n) is 3.63. The van der Waals surface area contributed by atoms with E-state index in [9.17, 15) is 10.1 Å². The summed E-state index contributed by atoms with van der Waals surface area (Å²) in [7, 11) is 0. The summed E-state index contributed by atoms with van der Waals surface area (Å²) in [6, 6.07) is 2.99. The number of aryl methyl sites for hydroxylation is 1. The van der Waals surface area contributed by atoms with Crippen LogP contribution in [0.2, 0.25) is 5.02 Å². The smallest absolute Gasteiger partial charge is 0.258 e. The molecule has 0 radical (unpaired) electrons. The zero-order valence-electron chi connectivity index (χ0n) is 7.08. The summed E-state index contributed by atoms with van der Waals surface area (Å²) < 4.78 is 0. The van der Waals surface area contributed by atoms with Crippen molar-refractivity contribution in [1.82, 2.24) is 0 Å². The van der Waals surface area contributed by atoms with Crippen LogP contribution < -0.4 is 0 Å². The summed E-state index contributed by atoms with van der Waals surface area (Å²) in [5.74, 6) is 0. The molecule has 0 saturated heterocycles. The van der Waals surface area contributed by atoms with E-state index in [2.05, 4.69) is 6.58 Å². The van der Waals surface area contributed by atoms with Crippen LogP contribution in [0.1, 0.15) is 11.1 Å². The summed E-state index contributed by atoms with van der Waals surface area (Å²) in [6.07, 6.45) is 1.62. The molecule has 13 heavy (non-hydrogen) atoms. The van der Waals surface area contributed by atoms with Gasteiger partial charge in [-0.2, -0.15) is 0 Å². The topological polar surface area (TPSA) is 43.1 Å². The number of halogens is 1. The van der Waals surface area contributed by atoms with E-state index in [0.29, 0.717) is 0 Å². The van der Waals surface area contributed by atoms with Gasteiger partial charge in [-0.25, -0.2) is 0 Å². The minimum Gasteiger partial charge on any atom is -0.258 e. The Hall–Kier alpha value is -1.35. The second-order valence-corrected chi connectivity index (χ2v) is 3.03. The van der Waals surface area contributed by atoms with Gasteiger partial charge in [-0.1, -0.05) is 24.3 Å². The Morgan fingerprint density at radius 3 is 2.69 bits per heavy atom. The van der Waals surface area contributed by atoms with Crippen molar-refractivity contribution in [3.8, 4) is 0 Å². The molecule has 4 heteroatoms. The van der Waals surface area contributed by atoms with Crippen LogP contribution in [0.4, 0.5) is 5.69 Å². The second kappa shape index (κ2) is 3.58. The average molecular weight is 198 g/mol. The maximum atomic E-state index is 10.5. The summed E-state index contributed by atoms with van der Waals surface area (Å²) in [5.41, 5.74) is 1.55. The van der Waals surface area contributed by atoms with Crippen LogP contribution in [0.3, 0.4) is 0 Å². The molecule has 0 spiro atoms. The van der Waals surface area contributed by atoms with Crippen LogP contribution >= 0.6 is 11.6 Å². The maximum absolute atomic E-state index is 10.5. The highest BCUT2D eigenvalue weighted by Gasteiger charge is 2.13. The number of nitro groups is 1. The number of nitro benzene ring substituents is 1. The fourth-order valence-electron chi connectivity index (χ4n) is 1.04. The summed E-state index contributed by atoms with van der Waals surface area (Å²) in [4.78, 5) is 9.97. The van der Waals surface area contributed by atoms with Gasteiger partial charge in [-0.15, -0.1) is 0 Å². The van der Waals surface area contributed by atoms with Gasteiger partial charge in [-0.3, -0.25) is 10.1 Å². The summed E-state index contributed by atoms with van der Waals surface area (Å²) in [6.45, 7) is 5.36. The van der Waals surface area contributed by atoms with Crippen LogP contribution in [-0.2, 0) is 0 Å². The zero-order valence-corrected chi connectivity index (χ0v) is 7.84. The standard InChI is InChI=1S/C9H8ClNO2/c1-3-7-5-8(10)9(11(12)13)4-6(7)2/h3-5H,1H2,2H3. The molecule has 1 rings (SSSR count). The van der Waals surface area contributed by atoms with Crippen LogP contribution in [0.15, 0.2) is 18.7 Å². The van der Waals surface area contributed by atoms with E-state index in [1.165, 1.54) is 6.07 Å². The Labute approximate surface area is 80.8 Å². The van der Waals surface area contributed by atoms with Crippen LogP contribution in [-0.4, -0.2) is 4.92 Å². The molecule has 3 nitrogen and oxygen atoms in total. The molecule has 1 aromatic carbocycles. The minimum absolute atomic E-state index is 0.0650. The fourth-order valence-corrected chi connectivity index (χ4v) is 1.28. The molecule has 0 amide bonds. The Kier molecular flexibility index (Phi) is 2.68. The van der Waals surface area contributed by atoms with Gasteiger partial charge in [-0.05, 0) is 24.1 Å². The molecule has 0 atom stereocenters. The van der Waals surface area contributed by atoms with Crippen molar-refractivity contribution >= 4 is 23.4 Å². The number of rotatable bonds is 2. The van der Waals surface area contributed by atoms with Gasteiger partial charge in [0.05, 0.1) is 4.92 Å². The predicted molar refractivity (Wildman–Crippen MR) is 52.9 cm³/mol. The van der Waals surface area contributed by atoms with Crippen LogP contribution in [0.5, 0.6) is 0 Å². The molecule has 0 N–H and O–H groups in total. The number of hydrogen-bond donors (Lipinski definition) is 0. The van der Waals surface area contributed by atoms with Crippen LogP contribution in [0.25, 0.3) is 6.08 Å². The summed E-state index contributed by atoms with van der Waals surface area (Å²) in [5, 5.41) is 10.6. The van der Waals surface area contributed by atoms with Gasteiger partial charge in [0.1, 0.15) is 5.02 Å². The van der Waals surface area contributed by atoms with Crippen molar-refractivity contribution in [1.29, 1.82) is 0 Å². The first-order chi connectivity index (χ1) is 6.06. The highest BCUT2D eigenvalue weighted by Crippen LogP contribution is 2.27. The van der Waals surface area contributed by atoms with Crippen molar-refractivity contribution in [3.63, 3.8) is 0 Å². The van der Waals surface area contributed by atoms with E-state index < -0.39 is 4.92 Å². The third-order valence-corrected chi connectivity index (χ3v) is 2.05. The Balaban J connectivity index is 3.36. The normalized spacial score (nSPS) is 9.69. The third kappa shape index (κ3) is 1.87. The molecule has 0 fully saturated rings. The van der Waals surface area contributed by atoms with E-state index >= 15 is 0 Å². The lowest BCUT2D eigenvalue weighted by Gasteiger charge is -2.01. The largest absolute Gasteiger partial charge is 0.288 e. The average Bonchev–Trinajstić information content (AvgIpc) is 2.07. The molecule has 0 aliphatic carbocycles. The first-order valence-corrected chi connectivity index (χ1v) is 4.01. The number of benzene rings is 1.